The maximum atomic E-state index is 12.3. The Morgan fingerprint density at radius 3 is 2.16 bits per heavy atom. The van der Waals surface area contributed by atoms with Crippen molar-refractivity contribution >= 4 is 31.9 Å². The van der Waals surface area contributed by atoms with Gasteiger partial charge < -0.3 is 15.1 Å². The lowest BCUT2D eigenvalue weighted by atomic mass is 9.81. The minimum absolute atomic E-state index is 0.0601. The van der Waals surface area contributed by atoms with Crippen molar-refractivity contribution in [2.75, 3.05) is 24.3 Å². The molecule has 12 heteroatoms. The highest BCUT2D eigenvalue weighted by Crippen LogP contribution is 2.32. The fourth-order valence-corrected chi connectivity index (χ4v) is 5.06. The number of rotatable bonds is 10. The van der Waals surface area contributed by atoms with Crippen molar-refractivity contribution in [3.8, 4) is 0 Å². The number of aliphatic carboxylic acids is 1. The van der Waals surface area contributed by atoms with E-state index >= 15 is 0 Å². The molecule has 0 aromatic carbocycles. The Kier molecular flexibility index (Phi) is 6.81. The molecule has 0 aromatic rings. The summed E-state index contributed by atoms with van der Waals surface area (Å²) in [6.45, 7) is 1.83. The topological polar surface area (TPSA) is 158 Å². The Hall–Kier alpha value is -1.40. The average molecular weight is 400 g/mol. The first-order chi connectivity index (χ1) is 11.3. The number of carbonyl (C=O) groups is 2. The molecule has 0 aromatic heterocycles. The Bertz CT molecular complexity index is 718. The Morgan fingerprint density at radius 1 is 1.20 bits per heavy atom. The van der Waals surface area contributed by atoms with Gasteiger partial charge >= 0.3 is 12.1 Å². The lowest BCUT2D eigenvalue weighted by Gasteiger charge is -2.48. The van der Waals surface area contributed by atoms with E-state index in [0.717, 1.165) is 11.2 Å². The van der Waals surface area contributed by atoms with Crippen LogP contribution in [0.5, 0.6) is 0 Å². The summed E-state index contributed by atoms with van der Waals surface area (Å²) in [7, 11) is -7.61. The smallest absolute Gasteiger partial charge is 0.407 e. The maximum Gasteiger partial charge on any atom is 0.407 e. The molecule has 0 spiro atoms. The number of hydrogen-bond donors (Lipinski definition) is 3. The third-order valence-corrected chi connectivity index (χ3v) is 6.63. The maximum absolute atomic E-state index is 12.3. The molecule has 1 rings (SSSR count). The summed E-state index contributed by atoms with van der Waals surface area (Å²) >= 11 is 0. The van der Waals surface area contributed by atoms with Crippen molar-refractivity contribution in [3.05, 3.63) is 0 Å². The van der Waals surface area contributed by atoms with Crippen LogP contribution in [0.3, 0.4) is 0 Å². The zero-order chi connectivity index (χ0) is 19.5. The number of amides is 1. The van der Waals surface area contributed by atoms with Crippen LogP contribution < -0.4 is 4.72 Å². The highest BCUT2D eigenvalue weighted by atomic mass is 32.2. The van der Waals surface area contributed by atoms with E-state index in [0.29, 0.717) is 12.8 Å². The van der Waals surface area contributed by atoms with Gasteiger partial charge in [0, 0.05) is 12.8 Å². The van der Waals surface area contributed by atoms with E-state index < -0.39 is 55.7 Å². The number of carboxylic acids is 1. The van der Waals surface area contributed by atoms with Crippen LogP contribution in [0, 0.1) is 0 Å². The molecule has 2 atom stereocenters. The standard InChI is InChI=1S/C13H24N2O8S2/c1-3-4-8-25(22,23)14-13(11(16)17,6-9-24(2,20)21)10-5-7-15(10)12(18)19/h10,14H,3-9H2,1-2H3,(H,16,17)(H,18,19)/t10?,13-/m1/s1. The number of carboxylic acid groups (broad SMARTS) is 2. The summed E-state index contributed by atoms with van der Waals surface area (Å²) in [5.41, 5.74) is -2.22. The minimum atomic E-state index is -4.03. The molecule has 1 fully saturated rings. The number of nitrogens with zero attached hydrogens (tertiary/aromatic N) is 1. The van der Waals surface area contributed by atoms with E-state index in [1.807, 2.05) is 0 Å². The molecule has 1 amide bonds. The molecule has 0 radical (unpaired) electrons. The zero-order valence-electron chi connectivity index (χ0n) is 14.1. The van der Waals surface area contributed by atoms with Crippen LogP contribution in [0.4, 0.5) is 4.79 Å². The monoisotopic (exact) mass is 400 g/mol. The molecule has 1 aliphatic rings. The van der Waals surface area contributed by atoms with E-state index in [-0.39, 0.29) is 18.7 Å². The van der Waals surface area contributed by atoms with Crippen LogP contribution in [0.25, 0.3) is 0 Å². The fourth-order valence-electron chi connectivity index (χ4n) is 2.72. The molecule has 25 heavy (non-hydrogen) atoms. The number of likely N-dealkylation sites (tertiary alicyclic amines) is 1. The van der Waals surface area contributed by atoms with Gasteiger partial charge in [0.2, 0.25) is 10.0 Å². The molecule has 1 saturated heterocycles. The molecule has 0 saturated carbocycles. The molecule has 0 bridgehead atoms. The molecule has 1 unspecified atom stereocenters. The lowest BCUT2D eigenvalue weighted by Crippen LogP contribution is -2.72. The number of unbranched alkanes of at least 4 members (excludes halogenated alkanes) is 1. The van der Waals surface area contributed by atoms with E-state index in [1.54, 1.807) is 6.92 Å². The summed E-state index contributed by atoms with van der Waals surface area (Å²) in [6.07, 6.45) is -0.0473. The molecule has 10 nitrogen and oxygen atoms in total. The lowest BCUT2D eigenvalue weighted by molar-refractivity contribution is -0.149. The van der Waals surface area contributed by atoms with Gasteiger partial charge in [-0.1, -0.05) is 13.3 Å². The van der Waals surface area contributed by atoms with Crippen molar-refractivity contribution in [1.82, 2.24) is 9.62 Å². The Morgan fingerprint density at radius 2 is 1.80 bits per heavy atom. The van der Waals surface area contributed by atoms with Crippen LogP contribution >= 0.6 is 0 Å². The molecular weight excluding hydrogens is 376 g/mol. The first-order valence-electron chi connectivity index (χ1n) is 7.77. The third kappa shape index (κ3) is 5.54. The molecule has 3 N–H and O–H groups in total. The number of sulfone groups is 1. The van der Waals surface area contributed by atoms with Gasteiger partial charge in [0.05, 0.1) is 17.5 Å². The highest BCUT2D eigenvalue weighted by molar-refractivity contribution is 7.90. The average Bonchev–Trinajstić information content (AvgIpc) is 2.39. The van der Waals surface area contributed by atoms with E-state index in [2.05, 4.69) is 4.72 Å². The second kappa shape index (κ2) is 7.87. The van der Waals surface area contributed by atoms with Gasteiger partial charge in [0.1, 0.15) is 9.84 Å². The predicted octanol–water partition coefficient (Wildman–Crippen LogP) is -0.284. The van der Waals surface area contributed by atoms with Crippen molar-refractivity contribution in [3.63, 3.8) is 0 Å². The number of nitrogens with one attached hydrogen (secondary N) is 1. The summed E-state index contributed by atoms with van der Waals surface area (Å²) in [6, 6.07) is -1.17. The van der Waals surface area contributed by atoms with Gasteiger partial charge in [-0.3, -0.25) is 4.79 Å². The number of hydrogen-bond acceptors (Lipinski definition) is 6. The van der Waals surface area contributed by atoms with Gasteiger partial charge in [-0.25, -0.2) is 21.6 Å². The third-order valence-electron chi connectivity index (χ3n) is 4.19. The van der Waals surface area contributed by atoms with Crippen LogP contribution in [-0.4, -0.2) is 79.9 Å². The van der Waals surface area contributed by atoms with Crippen LogP contribution in [0.1, 0.15) is 32.6 Å². The molecule has 146 valence electrons. The van der Waals surface area contributed by atoms with E-state index in [9.17, 15) is 31.5 Å². The molecule has 0 aliphatic carbocycles. The second-order valence-electron chi connectivity index (χ2n) is 6.21. The number of sulfonamides is 1. The first kappa shape index (κ1) is 21.6. The van der Waals surface area contributed by atoms with Crippen LogP contribution in [0.2, 0.25) is 0 Å². The summed E-state index contributed by atoms with van der Waals surface area (Å²) in [4.78, 5) is 24.0. The van der Waals surface area contributed by atoms with E-state index in [1.165, 1.54) is 0 Å². The van der Waals surface area contributed by atoms with Gasteiger partial charge in [-0.05, 0) is 19.3 Å². The minimum Gasteiger partial charge on any atom is -0.480 e. The van der Waals surface area contributed by atoms with Gasteiger partial charge in [0.25, 0.3) is 0 Å². The van der Waals surface area contributed by atoms with Gasteiger partial charge in [0.15, 0.2) is 5.54 Å². The second-order valence-corrected chi connectivity index (χ2v) is 10.3. The Labute approximate surface area is 147 Å². The largest absolute Gasteiger partial charge is 0.480 e. The van der Waals surface area contributed by atoms with Crippen molar-refractivity contribution < 1.29 is 36.6 Å². The molecular formula is C13H24N2O8S2. The molecule has 1 heterocycles. The summed E-state index contributed by atoms with van der Waals surface area (Å²) in [5, 5.41) is 18.9. The van der Waals surface area contributed by atoms with Crippen molar-refractivity contribution in [1.29, 1.82) is 0 Å². The predicted molar refractivity (Wildman–Crippen MR) is 89.7 cm³/mol. The van der Waals surface area contributed by atoms with Gasteiger partial charge in [-0.2, -0.15) is 4.72 Å². The summed E-state index contributed by atoms with van der Waals surface area (Å²) < 4.78 is 49.6. The quantitative estimate of drug-likeness (QED) is 0.451. The SMILES string of the molecule is CCCCS(=O)(=O)N[C@@](CCS(C)(=O)=O)(C(=O)O)C1CCN1C(=O)O. The zero-order valence-corrected chi connectivity index (χ0v) is 15.8. The van der Waals surface area contributed by atoms with Crippen molar-refractivity contribution in [2.45, 2.75) is 44.2 Å². The van der Waals surface area contributed by atoms with E-state index in [4.69, 9.17) is 5.11 Å². The highest BCUT2D eigenvalue weighted by Gasteiger charge is 2.55. The Balaban J connectivity index is 3.26. The van der Waals surface area contributed by atoms with Crippen LogP contribution in [-0.2, 0) is 24.7 Å². The first-order valence-corrected chi connectivity index (χ1v) is 11.5. The normalized spacial score (nSPS) is 20.6. The summed E-state index contributed by atoms with van der Waals surface area (Å²) in [5.74, 6) is -2.50. The van der Waals surface area contributed by atoms with Crippen LogP contribution in [0.15, 0.2) is 0 Å². The van der Waals surface area contributed by atoms with Crippen molar-refractivity contribution in [2.24, 2.45) is 0 Å². The van der Waals surface area contributed by atoms with Gasteiger partial charge in [-0.15, -0.1) is 0 Å². The fraction of sp³-hybridized carbons (Fsp3) is 0.846. The molecule has 1 aliphatic heterocycles.